The van der Waals surface area contributed by atoms with Crippen LogP contribution in [0.5, 0.6) is 12.0 Å². The highest BCUT2D eigenvalue weighted by molar-refractivity contribution is 5.40. The third-order valence-electron chi connectivity index (χ3n) is 2.47. The second-order valence-electron chi connectivity index (χ2n) is 3.92. The van der Waals surface area contributed by atoms with Gasteiger partial charge < -0.3 is 9.47 Å². The summed E-state index contributed by atoms with van der Waals surface area (Å²) in [5.74, 6) is 0.564. The van der Waals surface area contributed by atoms with Gasteiger partial charge in [0.15, 0.2) is 5.82 Å². The average Bonchev–Trinajstić information content (AvgIpc) is 2.42. The van der Waals surface area contributed by atoms with Crippen LogP contribution in [0.1, 0.15) is 44.9 Å². The Labute approximate surface area is 108 Å². The van der Waals surface area contributed by atoms with Gasteiger partial charge in [0.2, 0.25) is 0 Å². The van der Waals surface area contributed by atoms with Gasteiger partial charge in [0.25, 0.3) is 0 Å². The summed E-state index contributed by atoms with van der Waals surface area (Å²) in [7, 11) is 3.04. The highest BCUT2D eigenvalue weighted by atomic mass is 16.5. The maximum atomic E-state index is 4.98. The maximum Gasteiger partial charge on any atom is 0.322 e. The first kappa shape index (κ1) is 14.4. The minimum Gasteiger partial charge on any atom is -0.467 e. The zero-order valence-corrected chi connectivity index (χ0v) is 11.3. The number of rotatable bonds is 8. The Hall–Kier alpha value is -1.65. The Morgan fingerprint density at radius 3 is 2.17 bits per heavy atom. The molecule has 0 saturated heterocycles. The molecule has 0 radical (unpaired) electrons. The lowest BCUT2D eigenvalue weighted by Gasteiger charge is -2.01. The quantitative estimate of drug-likeness (QED) is 0.665. The van der Waals surface area contributed by atoms with Crippen LogP contribution in [0.15, 0.2) is 6.08 Å². The van der Waals surface area contributed by atoms with Crippen LogP contribution in [0.2, 0.25) is 0 Å². The molecule has 0 aliphatic rings. The van der Waals surface area contributed by atoms with Gasteiger partial charge in [-0.1, -0.05) is 32.3 Å². The molecule has 0 spiro atoms. The van der Waals surface area contributed by atoms with Gasteiger partial charge in [0.1, 0.15) is 0 Å². The van der Waals surface area contributed by atoms with E-state index in [1.807, 2.05) is 6.08 Å². The first-order chi connectivity index (χ1) is 8.80. The Bertz CT molecular complexity index is 358. The smallest absolute Gasteiger partial charge is 0.322 e. The summed E-state index contributed by atoms with van der Waals surface area (Å²) in [5, 5.41) is 0. The summed E-state index contributed by atoms with van der Waals surface area (Å²) in [6.07, 6.45) is 10.0. The van der Waals surface area contributed by atoms with Crippen molar-refractivity contribution in [3.8, 4) is 12.0 Å². The summed E-state index contributed by atoms with van der Waals surface area (Å²) < 4.78 is 9.96. The zero-order valence-electron chi connectivity index (χ0n) is 11.3. The predicted molar refractivity (Wildman–Crippen MR) is 70.7 cm³/mol. The van der Waals surface area contributed by atoms with Crippen molar-refractivity contribution in [2.75, 3.05) is 14.2 Å². The molecule has 100 valence electrons. The average molecular weight is 251 g/mol. The van der Waals surface area contributed by atoms with Crippen LogP contribution in [0.25, 0.3) is 6.08 Å². The highest BCUT2D eigenvalue weighted by Crippen LogP contribution is 2.10. The minimum absolute atomic E-state index is 0.271. The molecule has 0 fully saturated rings. The molecule has 0 saturated carbocycles. The second-order valence-corrected chi connectivity index (χ2v) is 3.92. The van der Waals surface area contributed by atoms with Crippen molar-refractivity contribution in [3.63, 3.8) is 0 Å². The summed E-state index contributed by atoms with van der Waals surface area (Å²) in [6, 6.07) is 0.542. The van der Waals surface area contributed by atoms with E-state index in [2.05, 4.69) is 28.0 Å². The van der Waals surface area contributed by atoms with Crippen LogP contribution < -0.4 is 9.47 Å². The summed E-state index contributed by atoms with van der Waals surface area (Å²) >= 11 is 0. The standard InChI is InChI=1S/C13H21N3O2/c1-4-5-6-7-8-9-10-11-14-12(17-2)16-13(15-11)18-3/h9-10H,4-8H2,1-3H3/b10-9+. The lowest BCUT2D eigenvalue weighted by atomic mass is 10.1. The fourth-order valence-corrected chi connectivity index (χ4v) is 1.49. The normalized spacial score (nSPS) is 10.8. The van der Waals surface area contributed by atoms with Gasteiger partial charge in [-0.15, -0.1) is 4.98 Å². The van der Waals surface area contributed by atoms with Crippen molar-refractivity contribution in [2.24, 2.45) is 0 Å². The van der Waals surface area contributed by atoms with Crippen molar-refractivity contribution in [3.05, 3.63) is 11.9 Å². The first-order valence-corrected chi connectivity index (χ1v) is 6.30. The Morgan fingerprint density at radius 1 is 0.944 bits per heavy atom. The summed E-state index contributed by atoms with van der Waals surface area (Å²) in [4.78, 5) is 12.2. The topological polar surface area (TPSA) is 57.1 Å². The molecule has 0 atom stereocenters. The molecular formula is C13H21N3O2. The molecule has 0 unspecified atom stereocenters. The second kappa shape index (κ2) is 8.44. The monoisotopic (exact) mass is 251 g/mol. The number of nitrogens with zero attached hydrogens (tertiary/aromatic N) is 3. The van der Waals surface area contributed by atoms with Crippen LogP contribution >= 0.6 is 0 Å². The van der Waals surface area contributed by atoms with Gasteiger partial charge in [-0.05, 0) is 18.9 Å². The largest absolute Gasteiger partial charge is 0.467 e. The van der Waals surface area contributed by atoms with Gasteiger partial charge in [0, 0.05) is 0 Å². The molecule has 5 heteroatoms. The van der Waals surface area contributed by atoms with Crippen molar-refractivity contribution < 1.29 is 9.47 Å². The van der Waals surface area contributed by atoms with Gasteiger partial charge in [0.05, 0.1) is 14.2 Å². The number of ether oxygens (including phenoxy) is 2. The molecule has 1 aromatic heterocycles. The predicted octanol–water partition coefficient (Wildman–Crippen LogP) is 2.87. The van der Waals surface area contributed by atoms with Crippen molar-refractivity contribution in [1.82, 2.24) is 15.0 Å². The number of methoxy groups -OCH3 is 2. The lowest BCUT2D eigenvalue weighted by molar-refractivity contribution is 0.339. The van der Waals surface area contributed by atoms with E-state index >= 15 is 0 Å². The van der Waals surface area contributed by atoms with E-state index in [0.717, 1.165) is 6.42 Å². The Kier molecular flexibility index (Phi) is 6.76. The molecule has 0 amide bonds. The molecule has 18 heavy (non-hydrogen) atoms. The SMILES string of the molecule is CCCCCC/C=C/c1nc(OC)nc(OC)n1. The fourth-order valence-electron chi connectivity index (χ4n) is 1.49. The van der Waals surface area contributed by atoms with E-state index in [-0.39, 0.29) is 12.0 Å². The number of hydrogen-bond acceptors (Lipinski definition) is 5. The molecule has 1 heterocycles. The number of allylic oxidation sites excluding steroid dienone is 1. The molecular weight excluding hydrogens is 230 g/mol. The zero-order chi connectivity index (χ0) is 13.2. The van der Waals surface area contributed by atoms with Gasteiger partial charge in [-0.3, -0.25) is 0 Å². The molecule has 1 aromatic rings. The summed E-state index contributed by atoms with van der Waals surface area (Å²) in [5.41, 5.74) is 0. The van der Waals surface area contributed by atoms with E-state index in [9.17, 15) is 0 Å². The van der Waals surface area contributed by atoms with Gasteiger partial charge in [-0.25, -0.2) is 0 Å². The molecule has 1 rings (SSSR count). The van der Waals surface area contributed by atoms with Crippen molar-refractivity contribution in [2.45, 2.75) is 39.0 Å². The third kappa shape index (κ3) is 5.12. The van der Waals surface area contributed by atoms with Crippen LogP contribution in [0, 0.1) is 0 Å². The molecule has 0 aliphatic heterocycles. The molecule has 0 N–H and O–H groups in total. The Morgan fingerprint density at radius 2 is 1.61 bits per heavy atom. The van der Waals surface area contributed by atoms with Gasteiger partial charge >= 0.3 is 12.0 Å². The van der Waals surface area contributed by atoms with E-state index in [1.54, 1.807) is 0 Å². The third-order valence-corrected chi connectivity index (χ3v) is 2.47. The molecule has 0 aliphatic carbocycles. The molecule has 0 bridgehead atoms. The number of hydrogen-bond donors (Lipinski definition) is 0. The Balaban J connectivity index is 2.52. The lowest BCUT2D eigenvalue weighted by Crippen LogP contribution is -2.00. The van der Waals surface area contributed by atoms with Crippen molar-refractivity contribution >= 4 is 6.08 Å². The number of unbranched alkanes of at least 4 members (excludes halogenated alkanes) is 4. The van der Waals surface area contributed by atoms with E-state index in [4.69, 9.17) is 9.47 Å². The van der Waals surface area contributed by atoms with E-state index < -0.39 is 0 Å². The van der Waals surface area contributed by atoms with Crippen LogP contribution in [0.4, 0.5) is 0 Å². The van der Waals surface area contributed by atoms with E-state index in [1.165, 1.54) is 39.9 Å². The minimum atomic E-state index is 0.271. The van der Waals surface area contributed by atoms with Crippen LogP contribution in [-0.2, 0) is 0 Å². The number of aromatic nitrogens is 3. The van der Waals surface area contributed by atoms with E-state index in [0.29, 0.717) is 5.82 Å². The van der Waals surface area contributed by atoms with Crippen LogP contribution in [0.3, 0.4) is 0 Å². The van der Waals surface area contributed by atoms with Gasteiger partial charge in [-0.2, -0.15) is 9.97 Å². The summed E-state index contributed by atoms with van der Waals surface area (Å²) in [6.45, 7) is 2.21. The van der Waals surface area contributed by atoms with Crippen molar-refractivity contribution in [1.29, 1.82) is 0 Å². The van der Waals surface area contributed by atoms with Crippen LogP contribution in [-0.4, -0.2) is 29.2 Å². The molecule has 0 aromatic carbocycles. The highest BCUT2D eigenvalue weighted by Gasteiger charge is 2.03. The maximum absolute atomic E-state index is 4.98. The first-order valence-electron chi connectivity index (χ1n) is 6.30. The molecule has 5 nitrogen and oxygen atoms in total. The fraction of sp³-hybridized carbons (Fsp3) is 0.615.